The Morgan fingerprint density at radius 1 is 1.25 bits per heavy atom. The molecule has 0 fully saturated rings. The molecule has 0 saturated heterocycles. The minimum Gasteiger partial charge on any atom is -0.212 e. The number of aryl methyl sites for hydroxylation is 2. The van der Waals surface area contributed by atoms with Gasteiger partial charge in [-0.15, -0.1) is 0 Å². The van der Waals surface area contributed by atoms with E-state index in [2.05, 4.69) is 13.0 Å². The summed E-state index contributed by atoms with van der Waals surface area (Å²) in [5.74, 6) is 0.00588. The zero-order valence-corrected chi connectivity index (χ0v) is 7.10. The average Bonchev–Trinajstić information content (AvgIpc) is 2.05. The van der Waals surface area contributed by atoms with Gasteiger partial charge in [-0.2, -0.15) is 0 Å². The molecule has 0 bridgehead atoms. The predicted molar refractivity (Wildman–Crippen MR) is 48.6 cm³/mol. The summed E-state index contributed by atoms with van der Waals surface area (Å²) in [4.78, 5) is 0. The second-order valence-electron chi connectivity index (χ2n) is 3.29. The van der Waals surface area contributed by atoms with E-state index in [9.17, 15) is 4.39 Å². The standard InChI is InChI=1S/C11H11F/c1-8-2-3-10-7-11(12)5-4-9(10)6-8/h2-3,6-7H,4-5H2,1H3. The van der Waals surface area contributed by atoms with Crippen LogP contribution in [0.3, 0.4) is 0 Å². The van der Waals surface area contributed by atoms with Crippen LogP contribution in [0.1, 0.15) is 23.1 Å². The van der Waals surface area contributed by atoms with Crippen LogP contribution < -0.4 is 0 Å². The van der Waals surface area contributed by atoms with Gasteiger partial charge in [-0.05, 0) is 30.5 Å². The molecule has 0 atom stereocenters. The van der Waals surface area contributed by atoms with E-state index in [1.54, 1.807) is 6.08 Å². The van der Waals surface area contributed by atoms with Crippen molar-refractivity contribution in [3.8, 4) is 0 Å². The van der Waals surface area contributed by atoms with Crippen molar-refractivity contribution in [3.05, 3.63) is 40.7 Å². The maximum absolute atomic E-state index is 12.8. The molecule has 62 valence electrons. The van der Waals surface area contributed by atoms with Gasteiger partial charge in [-0.1, -0.05) is 23.8 Å². The average molecular weight is 162 g/mol. The van der Waals surface area contributed by atoms with Crippen LogP contribution in [-0.4, -0.2) is 0 Å². The molecule has 0 unspecified atom stereocenters. The Hall–Kier alpha value is -1.11. The molecule has 1 aliphatic carbocycles. The highest BCUT2D eigenvalue weighted by Gasteiger charge is 2.08. The van der Waals surface area contributed by atoms with Gasteiger partial charge in [0.1, 0.15) is 5.83 Å². The Balaban J connectivity index is 2.51. The molecule has 0 aliphatic heterocycles. The van der Waals surface area contributed by atoms with Crippen LogP contribution in [0, 0.1) is 6.92 Å². The highest BCUT2D eigenvalue weighted by Crippen LogP contribution is 2.24. The summed E-state index contributed by atoms with van der Waals surface area (Å²) in [5.41, 5.74) is 3.57. The summed E-state index contributed by atoms with van der Waals surface area (Å²) in [6.07, 6.45) is 3.05. The first-order chi connectivity index (χ1) is 5.75. The molecule has 0 saturated carbocycles. The van der Waals surface area contributed by atoms with Crippen molar-refractivity contribution < 1.29 is 4.39 Å². The summed E-state index contributed by atoms with van der Waals surface area (Å²) in [7, 11) is 0. The van der Waals surface area contributed by atoms with E-state index in [-0.39, 0.29) is 5.83 Å². The van der Waals surface area contributed by atoms with Crippen molar-refractivity contribution in [1.29, 1.82) is 0 Å². The molecule has 0 N–H and O–H groups in total. The maximum atomic E-state index is 12.8. The van der Waals surface area contributed by atoms with E-state index in [1.807, 2.05) is 12.1 Å². The highest BCUT2D eigenvalue weighted by atomic mass is 19.1. The predicted octanol–water partition coefficient (Wildman–Crippen LogP) is 3.25. The topological polar surface area (TPSA) is 0 Å². The van der Waals surface area contributed by atoms with Crippen molar-refractivity contribution in [2.24, 2.45) is 0 Å². The molecular weight excluding hydrogens is 151 g/mol. The van der Waals surface area contributed by atoms with Gasteiger partial charge < -0.3 is 0 Å². The summed E-state index contributed by atoms with van der Waals surface area (Å²) in [6.45, 7) is 2.06. The Labute approximate surface area is 71.7 Å². The molecule has 0 radical (unpaired) electrons. The fourth-order valence-electron chi connectivity index (χ4n) is 1.59. The third-order valence-electron chi connectivity index (χ3n) is 2.24. The Kier molecular flexibility index (Phi) is 1.72. The molecule has 12 heavy (non-hydrogen) atoms. The van der Waals surface area contributed by atoms with Crippen molar-refractivity contribution in [3.63, 3.8) is 0 Å². The third-order valence-corrected chi connectivity index (χ3v) is 2.24. The molecule has 0 heterocycles. The first kappa shape index (κ1) is 7.53. The van der Waals surface area contributed by atoms with Crippen molar-refractivity contribution in [2.75, 3.05) is 0 Å². The third kappa shape index (κ3) is 1.27. The lowest BCUT2D eigenvalue weighted by atomic mass is 9.95. The molecule has 1 aliphatic rings. The fourth-order valence-corrected chi connectivity index (χ4v) is 1.59. The molecule has 2 rings (SSSR count). The van der Waals surface area contributed by atoms with Crippen molar-refractivity contribution in [2.45, 2.75) is 19.8 Å². The van der Waals surface area contributed by atoms with Crippen LogP contribution in [0.5, 0.6) is 0 Å². The lowest BCUT2D eigenvalue weighted by molar-refractivity contribution is 0.591. The van der Waals surface area contributed by atoms with Gasteiger partial charge >= 0.3 is 0 Å². The van der Waals surface area contributed by atoms with Crippen LogP contribution in [0.4, 0.5) is 4.39 Å². The zero-order valence-electron chi connectivity index (χ0n) is 7.10. The Morgan fingerprint density at radius 3 is 2.92 bits per heavy atom. The minimum absolute atomic E-state index is 0.00588. The SMILES string of the molecule is Cc1ccc2c(c1)CCC(F)=C2. The highest BCUT2D eigenvalue weighted by molar-refractivity contribution is 5.58. The largest absolute Gasteiger partial charge is 0.212 e. The number of hydrogen-bond acceptors (Lipinski definition) is 0. The van der Waals surface area contributed by atoms with Gasteiger partial charge in [0.15, 0.2) is 0 Å². The van der Waals surface area contributed by atoms with Gasteiger partial charge in [0.2, 0.25) is 0 Å². The van der Waals surface area contributed by atoms with Crippen molar-refractivity contribution in [1.82, 2.24) is 0 Å². The monoisotopic (exact) mass is 162 g/mol. The molecule has 1 aromatic rings. The number of fused-ring (bicyclic) bond motifs is 1. The zero-order chi connectivity index (χ0) is 8.55. The van der Waals surface area contributed by atoms with Crippen LogP contribution in [0.15, 0.2) is 24.0 Å². The fraction of sp³-hybridized carbons (Fsp3) is 0.273. The number of rotatable bonds is 0. The first-order valence-electron chi connectivity index (χ1n) is 4.21. The number of halogens is 1. The number of benzene rings is 1. The van der Waals surface area contributed by atoms with E-state index in [0.717, 1.165) is 12.0 Å². The summed E-state index contributed by atoms with van der Waals surface area (Å²) < 4.78 is 12.8. The second-order valence-corrected chi connectivity index (χ2v) is 3.29. The van der Waals surface area contributed by atoms with Crippen LogP contribution in [-0.2, 0) is 6.42 Å². The maximum Gasteiger partial charge on any atom is 0.101 e. The van der Waals surface area contributed by atoms with Gasteiger partial charge in [0, 0.05) is 6.42 Å². The lowest BCUT2D eigenvalue weighted by Crippen LogP contribution is -1.96. The quantitative estimate of drug-likeness (QED) is 0.549. The van der Waals surface area contributed by atoms with Gasteiger partial charge in [0.05, 0.1) is 0 Å². The molecule has 0 aromatic heterocycles. The summed E-state index contributed by atoms with van der Waals surface area (Å²) >= 11 is 0. The van der Waals surface area contributed by atoms with E-state index in [0.29, 0.717) is 6.42 Å². The molecule has 1 heteroatoms. The minimum atomic E-state index is 0.00588. The summed E-state index contributed by atoms with van der Waals surface area (Å²) in [6, 6.07) is 6.15. The number of hydrogen-bond donors (Lipinski definition) is 0. The normalized spacial score (nSPS) is 15.3. The van der Waals surface area contributed by atoms with Gasteiger partial charge in [-0.25, -0.2) is 4.39 Å². The van der Waals surface area contributed by atoms with E-state index in [1.165, 1.54) is 11.1 Å². The van der Waals surface area contributed by atoms with Crippen LogP contribution in [0.2, 0.25) is 0 Å². The Bertz CT molecular complexity index is 337. The number of allylic oxidation sites excluding steroid dienone is 1. The van der Waals surface area contributed by atoms with Crippen LogP contribution >= 0.6 is 0 Å². The summed E-state index contributed by atoms with van der Waals surface area (Å²) in [5, 5.41) is 0. The first-order valence-corrected chi connectivity index (χ1v) is 4.21. The van der Waals surface area contributed by atoms with E-state index >= 15 is 0 Å². The van der Waals surface area contributed by atoms with Gasteiger partial charge in [-0.3, -0.25) is 0 Å². The molecular formula is C11H11F. The van der Waals surface area contributed by atoms with E-state index < -0.39 is 0 Å². The lowest BCUT2D eigenvalue weighted by Gasteiger charge is -2.11. The molecule has 0 amide bonds. The van der Waals surface area contributed by atoms with Crippen molar-refractivity contribution >= 4 is 6.08 Å². The smallest absolute Gasteiger partial charge is 0.101 e. The van der Waals surface area contributed by atoms with Gasteiger partial charge in [0.25, 0.3) is 0 Å². The molecule has 0 spiro atoms. The molecule has 1 aromatic carbocycles. The van der Waals surface area contributed by atoms with E-state index in [4.69, 9.17) is 0 Å². The Morgan fingerprint density at radius 2 is 2.08 bits per heavy atom. The van der Waals surface area contributed by atoms with Crippen LogP contribution in [0.25, 0.3) is 6.08 Å². The second kappa shape index (κ2) is 2.74. The molecule has 0 nitrogen and oxygen atoms in total.